The molecule has 0 saturated heterocycles. The predicted octanol–water partition coefficient (Wildman–Crippen LogP) is 7.71. The number of esters is 1. The van der Waals surface area contributed by atoms with Crippen molar-refractivity contribution in [3.05, 3.63) is 11.1 Å². The van der Waals surface area contributed by atoms with Crippen molar-refractivity contribution in [2.75, 3.05) is 6.61 Å². The van der Waals surface area contributed by atoms with Gasteiger partial charge in [0, 0.05) is 17.8 Å². The van der Waals surface area contributed by atoms with Crippen molar-refractivity contribution in [3.8, 4) is 0 Å². The zero-order valence-corrected chi connectivity index (χ0v) is 23.9. The summed E-state index contributed by atoms with van der Waals surface area (Å²) in [5.41, 5.74) is 4.43. The van der Waals surface area contributed by atoms with Crippen molar-refractivity contribution in [1.82, 2.24) is 0 Å². The molecule has 4 fully saturated rings. The molecular formula is C32H52O3. The second kappa shape index (κ2) is 8.08. The van der Waals surface area contributed by atoms with Gasteiger partial charge in [0.05, 0.1) is 6.61 Å². The number of hydrogen-bond donors (Lipinski definition) is 1. The van der Waals surface area contributed by atoms with Gasteiger partial charge in [0.1, 0.15) is 6.10 Å². The molecule has 1 N–H and O–H groups in total. The Bertz CT molecular complexity index is 916. The van der Waals surface area contributed by atoms with Gasteiger partial charge in [0.15, 0.2) is 0 Å². The van der Waals surface area contributed by atoms with Crippen LogP contribution in [0.15, 0.2) is 11.1 Å². The highest BCUT2D eigenvalue weighted by Gasteiger charge is 2.69. The van der Waals surface area contributed by atoms with E-state index in [4.69, 9.17) is 4.74 Å². The third-order valence-corrected chi connectivity index (χ3v) is 13.4. The number of fused-ring (bicyclic) bond motifs is 7. The molecule has 0 aromatic rings. The molecule has 35 heavy (non-hydrogen) atoms. The van der Waals surface area contributed by atoms with Gasteiger partial charge in [-0.2, -0.15) is 0 Å². The molecule has 0 radical (unpaired) electrons. The molecule has 8 atom stereocenters. The van der Waals surface area contributed by atoms with E-state index in [1.54, 1.807) is 18.1 Å². The molecule has 5 aliphatic rings. The Morgan fingerprint density at radius 2 is 1.63 bits per heavy atom. The smallest absolute Gasteiger partial charge is 0.302 e. The van der Waals surface area contributed by atoms with Crippen molar-refractivity contribution in [2.45, 2.75) is 126 Å². The lowest BCUT2D eigenvalue weighted by Crippen LogP contribution is -2.65. The SMILES string of the molecule is CC(=O)O[C@H]1CC[C@]2(C)C3CC[C@@H]4C5=C(C(C)C)CC[C@]5(CO)CC[C@@]4(C)[C@]3(C)CC[C@@H]2C1(C)C. The molecule has 0 spiro atoms. The molecule has 0 aromatic heterocycles. The van der Waals surface area contributed by atoms with Gasteiger partial charge in [0.25, 0.3) is 0 Å². The minimum Gasteiger partial charge on any atom is -0.462 e. The molecule has 5 rings (SSSR count). The maximum atomic E-state index is 11.9. The van der Waals surface area contributed by atoms with Gasteiger partial charge in [-0.15, -0.1) is 0 Å². The molecule has 198 valence electrons. The van der Waals surface area contributed by atoms with Crippen LogP contribution >= 0.6 is 0 Å². The van der Waals surface area contributed by atoms with E-state index < -0.39 is 0 Å². The molecule has 0 aromatic carbocycles. The molecule has 3 nitrogen and oxygen atoms in total. The van der Waals surface area contributed by atoms with E-state index in [0.717, 1.165) is 12.3 Å². The Labute approximate surface area is 214 Å². The van der Waals surface area contributed by atoms with Crippen LogP contribution in [-0.2, 0) is 9.53 Å². The van der Waals surface area contributed by atoms with Crippen LogP contribution in [0.4, 0.5) is 0 Å². The maximum absolute atomic E-state index is 11.9. The lowest BCUT2D eigenvalue weighted by molar-refractivity contribution is -0.233. The highest BCUT2D eigenvalue weighted by Crippen LogP contribution is 2.76. The average Bonchev–Trinajstić information content (AvgIpc) is 3.16. The second-order valence-corrected chi connectivity index (χ2v) is 15.1. The van der Waals surface area contributed by atoms with Crippen LogP contribution in [0.5, 0.6) is 0 Å². The highest BCUT2D eigenvalue weighted by atomic mass is 16.5. The summed E-state index contributed by atoms with van der Waals surface area (Å²) in [5, 5.41) is 10.7. The highest BCUT2D eigenvalue weighted by molar-refractivity contribution is 5.66. The zero-order chi connectivity index (χ0) is 25.6. The van der Waals surface area contributed by atoms with Crippen molar-refractivity contribution < 1.29 is 14.6 Å². The van der Waals surface area contributed by atoms with Gasteiger partial charge < -0.3 is 9.84 Å². The predicted molar refractivity (Wildman–Crippen MR) is 142 cm³/mol. The van der Waals surface area contributed by atoms with E-state index in [0.29, 0.717) is 40.6 Å². The third-order valence-electron chi connectivity index (χ3n) is 13.4. The Morgan fingerprint density at radius 3 is 2.26 bits per heavy atom. The molecule has 0 heterocycles. The van der Waals surface area contributed by atoms with E-state index in [1.165, 1.54) is 57.8 Å². The molecule has 3 heteroatoms. The zero-order valence-electron chi connectivity index (χ0n) is 23.9. The monoisotopic (exact) mass is 484 g/mol. The van der Waals surface area contributed by atoms with Crippen molar-refractivity contribution >= 4 is 5.97 Å². The second-order valence-electron chi connectivity index (χ2n) is 15.1. The fraction of sp³-hybridized carbons (Fsp3) is 0.906. The minimum atomic E-state index is -0.124. The summed E-state index contributed by atoms with van der Waals surface area (Å²) >= 11 is 0. The van der Waals surface area contributed by atoms with Crippen molar-refractivity contribution in [1.29, 1.82) is 0 Å². The minimum absolute atomic E-state index is 0.0230. The van der Waals surface area contributed by atoms with E-state index in [2.05, 4.69) is 48.5 Å². The van der Waals surface area contributed by atoms with Gasteiger partial charge in [-0.25, -0.2) is 0 Å². The van der Waals surface area contributed by atoms with Crippen molar-refractivity contribution in [2.24, 2.45) is 50.7 Å². The number of hydrogen-bond acceptors (Lipinski definition) is 3. The number of aliphatic hydroxyl groups excluding tert-OH is 1. The van der Waals surface area contributed by atoms with Crippen LogP contribution in [0.3, 0.4) is 0 Å². The van der Waals surface area contributed by atoms with Gasteiger partial charge in [0.2, 0.25) is 0 Å². The number of ether oxygens (including phenoxy) is 1. The summed E-state index contributed by atoms with van der Waals surface area (Å²) in [5.74, 6) is 2.43. The maximum Gasteiger partial charge on any atom is 0.302 e. The molecule has 0 bridgehead atoms. The van der Waals surface area contributed by atoms with Gasteiger partial charge in [-0.05, 0) is 104 Å². The van der Waals surface area contributed by atoms with Gasteiger partial charge in [-0.3, -0.25) is 4.79 Å². The fourth-order valence-electron chi connectivity index (χ4n) is 11.4. The quantitative estimate of drug-likeness (QED) is 0.329. The number of allylic oxidation sites excluding steroid dienone is 1. The van der Waals surface area contributed by atoms with Crippen LogP contribution in [-0.4, -0.2) is 23.8 Å². The molecule has 1 unspecified atom stereocenters. The third kappa shape index (κ3) is 3.28. The first-order valence-electron chi connectivity index (χ1n) is 14.8. The van der Waals surface area contributed by atoms with Crippen LogP contribution < -0.4 is 0 Å². The van der Waals surface area contributed by atoms with Crippen LogP contribution in [0, 0.1) is 50.7 Å². The van der Waals surface area contributed by atoms with Crippen molar-refractivity contribution in [3.63, 3.8) is 0 Å². The molecule has 5 aliphatic carbocycles. The largest absolute Gasteiger partial charge is 0.462 e. The van der Waals surface area contributed by atoms with E-state index in [1.807, 2.05) is 0 Å². The first-order chi connectivity index (χ1) is 16.3. The average molecular weight is 485 g/mol. The molecule has 0 amide bonds. The Morgan fingerprint density at radius 1 is 0.914 bits per heavy atom. The summed E-state index contributed by atoms with van der Waals surface area (Å²) in [7, 11) is 0. The lowest BCUT2D eigenvalue weighted by atomic mass is 9.33. The molecule has 4 saturated carbocycles. The lowest BCUT2D eigenvalue weighted by Gasteiger charge is -2.72. The Hall–Kier alpha value is -0.830. The first kappa shape index (κ1) is 25.8. The fourth-order valence-corrected chi connectivity index (χ4v) is 11.4. The molecule has 0 aliphatic heterocycles. The first-order valence-corrected chi connectivity index (χ1v) is 14.8. The van der Waals surface area contributed by atoms with Crippen LogP contribution in [0.25, 0.3) is 0 Å². The van der Waals surface area contributed by atoms with Crippen LogP contribution in [0.1, 0.15) is 120 Å². The normalized spacial score (nSPS) is 48.6. The van der Waals surface area contributed by atoms with E-state index in [-0.39, 0.29) is 22.9 Å². The molecular weight excluding hydrogens is 432 g/mol. The number of aliphatic hydroxyl groups is 1. The topological polar surface area (TPSA) is 46.5 Å². The van der Waals surface area contributed by atoms with Crippen LogP contribution in [0.2, 0.25) is 0 Å². The van der Waals surface area contributed by atoms with Gasteiger partial charge in [-0.1, -0.05) is 59.6 Å². The number of rotatable bonds is 3. The summed E-state index contributed by atoms with van der Waals surface area (Å²) in [6.45, 7) is 19.4. The standard InChI is InChI=1S/C32H52O3/c1-20(2)22-11-16-32(19-33)18-17-30(7)23(27(22)32)9-10-25-29(6)14-13-26(35-21(3)34)28(4,5)24(29)12-15-31(25,30)8/h20,23-26,33H,9-19H2,1-8H3/t23-,24-,25?,26+,29+,30-,31-,32-/m1/s1. The summed E-state index contributed by atoms with van der Waals surface area (Å²) in [4.78, 5) is 11.9. The Balaban J connectivity index is 1.53. The van der Waals surface area contributed by atoms with Gasteiger partial charge >= 0.3 is 5.97 Å². The van der Waals surface area contributed by atoms with E-state index >= 15 is 0 Å². The number of carbonyl (C=O) groups is 1. The van der Waals surface area contributed by atoms with E-state index in [9.17, 15) is 9.90 Å². The summed E-state index contributed by atoms with van der Waals surface area (Å²) in [6, 6.07) is 0. The summed E-state index contributed by atoms with van der Waals surface area (Å²) in [6.07, 6.45) is 12.2. The number of carbonyl (C=O) groups excluding carboxylic acids is 1. The summed E-state index contributed by atoms with van der Waals surface area (Å²) < 4.78 is 5.90. The Kier molecular flexibility index (Phi) is 5.96.